The van der Waals surface area contributed by atoms with E-state index in [-0.39, 0.29) is 5.97 Å². The second-order valence-corrected chi connectivity index (χ2v) is 3.63. The first-order chi connectivity index (χ1) is 7.75. The topological polar surface area (TPSA) is 44.8 Å². The average molecular weight is 222 g/mol. The zero-order valence-electron chi connectivity index (χ0n) is 9.19. The fraction of sp³-hybridized carbons (Fsp3) is 0.417. The molecule has 0 unspecified atom stereocenters. The molecule has 0 fully saturated rings. The standard InChI is InChI=1S/C12H14O4/c1-9(13)14-6-2-3-10-4-5-11-12(7-10)16-8-15-11/h4-5,7H,2-3,6,8H2,1H3. The zero-order chi connectivity index (χ0) is 11.4. The van der Waals surface area contributed by atoms with Crippen LogP contribution < -0.4 is 9.47 Å². The highest BCUT2D eigenvalue weighted by molar-refractivity contribution is 5.65. The molecule has 0 bridgehead atoms. The number of esters is 1. The van der Waals surface area contributed by atoms with Crippen LogP contribution in [-0.2, 0) is 16.0 Å². The summed E-state index contributed by atoms with van der Waals surface area (Å²) in [7, 11) is 0. The molecule has 0 aromatic heterocycles. The number of carbonyl (C=O) groups excluding carboxylic acids is 1. The molecule has 0 spiro atoms. The van der Waals surface area contributed by atoms with Crippen LogP contribution in [0.4, 0.5) is 0 Å². The molecule has 4 nitrogen and oxygen atoms in total. The molecule has 0 radical (unpaired) electrons. The van der Waals surface area contributed by atoms with Gasteiger partial charge in [-0.3, -0.25) is 4.79 Å². The van der Waals surface area contributed by atoms with Crippen molar-refractivity contribution in [2.24, 2.45) is 0 Å². The maximum Gasteiger partial charge on any atom is 0.302 e. The van der Waals surface area contributed by atoms with Crippen LogP contribution in [0.5, 0.6) is 11.5 Å². The third kappa shape index (κ3) is 2.66. The van der Waals surface area contributed by atoms with E-state index in [4.69, 9.17) is 14.2 Å². The SMILES string of the molecule is CC(=O)OCCCc1ccc2c(c1)OCO2. The number of ether oxygens (including phenoxy) is 3. The van der Waals surface area contributed by atoms with Crippen LogP contribution in [0.25, 0.3) is 0 Å². The lowest BCUT2D eigenvalue weighted by Crippen LogP contribution is -2.01. The Bertz CT molecular complexity index is 387. The van der Waals surface area contributed by atoms with Gasteiger partial charge in [0.1, 0.15) is 0 Å². The first-order valence-corrected chi connectivity index (χ1v) is 5.27. The van der Waals surface area contributed by atoms with Crippen molar-refractivity contribution in [1.29, 1.82) is 0 Å². The molecule has 2 rings (SSSR count). The molecule has 0 aliphatic carbocycles. The van der Waals surface area contributed by atoms with Crippen molar-refractivity contribution in [3.63, 3.8) is 0 Å². The molecule has 0 saturated carbocycles. The van der Waals surface area contributed by atoms with Crippen molar-refractivity contribution in [2.75, 3.05) is 13.4 Å². The van der Waals surface area contributed by atoms with Crippen molar-refractivity contribution in [1.82, 2.24) is 0 Å². The zero-order valence-corrected chi connectivity index (χ0v) is 9.19. The second-order valence-electron chi connectivity index (χ2n) is 3.63. The van der Waals surface area contributed by atoms with Gasteiger partial charge in [-0.1, -0.05) is 6.07 Å². The minimum absolute atomic E-state index is 0.231. The van der Waals surface area contributed by atoms with Crippen LogP contribution >= 0.6 is 0 Å². The largest absolute Gasteiger partial charge is 0.466 e. The molecule has 4 heteroatoms. The van der Waals surface area contributed by atoms with Gasteiger partial charge in [0.05, 0.1) is 6.61 Å². The highest BCUT2D eigenvalue weighted by Crippen LogP contribution is 2.32. The summed E-state index contributed by atoms with van der Waals surface area (Å²) in [4.78, 5) is 10.5. The monoisotopic (exact) mass is 222 g/mol. The Morgan fingerprint density at radius 3 is 3.00 bits per heavy atom. The maximum absolute atomic E-state index is 10.5. The Labute approximate surface area is 94.1 Å². The maximum atomic E-state index is 10.5. The number of benzene rings is 1. The van der Waals surface area contributed by atoms with Crippen molar-refractivity contribution in [3.05, 3.63) is 23.8 Å². The van der Waals surface area contributed by atoms with E-state index >= 15 is 0 Å². The van der Waals surface area contributed by atoms with E-state index in [0.29, 0.717) is 13.4 Å². The van der Waals surface area contributed by atoms with Crippen molar-refractivity contribution in [3.8, 4) is 11.5 Å². The smallest absolute Gasteiger partial charge is 0.302 e. The van der Waals surface area contributed by atoms with Gasteiger partial charge < -0.3 is 14.2 Å². The van der Waals surface area contributed by atoms with Gasteiger partial charge in [-0.15, -0.1) is 0 Å². The van der Waals surface area contributed by atoms with E-state index in [2.05, 4.69) is 0 Å². The van der Waals surface area contributed by atoms with E-state index in [1.807, 2.05) is 18.2 Å². The normalized spacial score (nSPS) is 12.6. The molecular formula is C12H14O4. The summed E-state index contributed by atoms with van der Waals surface area (Å²) in [5, 5.41) is 0. The summed E-state index contributed by atoms with van der Waals surface area (Å²) in [6.45, 7) is 2.18. The summed E-state index contributed by atoms with van der Waals surface area (Å²) in [6.07, 6.45) is 1.68. The number of carbonyl (C=O) groups is 1. The first kappa shape index (κ1) is 10.8. The Balaban J connectivity index is 1.83. The summed E-state index contributed by atoms with van der Waals surface area (Å²) in [5.41, 5.74) is 1.16. The highest BCUT2D eigenvalue weighted by atomic mass is 16.7. The molecule has 1 aromatic rings. The first-order valence-electron chi connectivity index (χ1n) is 5.27. The fourth-order valence-corrected chi connectivity index (χ4v) is 1.59. The predicted octanol–water partition coefficient (Wildman–Crippen LogP) is 1.91. The van der Waals surface area contributed by atoms with Crippen molar-refractivity contribution >= 4 is 5.97 Å². The van der Waals surface area contributed by atoms with E-state index in [1.165, 1.54) is 6.92 Å². The van der Waals surface area contributed by atoms with Gasteiger partial charge in [-0.25, -0.2) is 0 Å². The number of hydrogen-bond donors (Lipinski definition) is 0. The Kier molecular flexibility index (Phi) is 3.29. The number of aryl methyl sites for hydroxylation is 1. The average Bonchev–Trinajstić information content (AvgIpc) is 2.71. The second kappa shape index (κ2) is 4.88. The minimum atomic E-state index is -0.231. The van der Waals surface area contributed by atoms with Gasteiger partial charge in [-0.2, -0.15) is 0 Å². The van der Waals surface area contributed by atoms with Gasteiger partial charge in [-0.05, 0) is 30.5 Å². The fourth-order valence-electron chi connectivity index (χ4n) is 1.59. The lowest BCUT2D eigenvalue weighted by Gasteiger charge is -2.03. The van der Waals surface area contributed by atoms with Gasteiger partial charge in [0, 0.05) is 6.92 Å². The van der Waals surface area contributed by atoms with Crippen molar-refractivity contribution in [2.45, 2.75) is 19.8 Å². The van der Waals surface area contributed by atoms with Gasteiger partial charge in [0.15, 0.2) is 11.5 Å². The highest BCUT2D eigenvalue weighted by Gasteiger charge is 2.12. The van der Waals surface area contributed by atoms with Gasteiger partial charge >= 0.3 is 5.97 Å². The molecule has 1 aliphatic rings. The van der Waals surface area contributed by atoms with E-state index in [0.717, 1.165) is 29.9 Å². The summed E-state index contributed by atoms with van der Waals surface area (Å²) in [5.74, 6) is 1.36. The molecule has 1 heterocycles. The Hall–Kier alpha value is -1.71. The lowest BCUT2D eigenvalue weighted by molar-refractivity contribution is -0.141. The quantitative estimate of drug-likeness (QED) is 0.576. The van der Waals surface area contributed by atoms with Crippen LogP contribution in [-0.4, -0.2) is 19.4 Å². The Morgan fingerprint density at radius 2 is 2.19 bits per heavy atom. The summed E-state index contributed by atoms with van der Waals surface area (Å²) >= 11 is 0. The van der Waals surface area contributed by atoms with Gasteiger partial charge in [0.25, 0.3) is 0 Å². The van der Waals surface area contributed by atoms with Crippen LogP contribution in [0, 0.1) is 0 Å². The molecule has 0 N–H and O–H groups in total. The number of fused-ring (bicyclic) bond motifs is 1. The third-order valence-corrected chi connectivity index (χ3v) is 2.35. The van der Waals surface area contributed by atoms with Crippen LogP contribution in [0.1, 0.15) is 18.9 Å². The molecule has 0 atom stereocenters. The molecule has 0 amide bonds. The molecular weight excluding hydrogens is 208 g/mol. The predicted molar refractivity (Wildman–Crippen MR) is 57.5 cm³/mol. The van der Waals surface area contributed by atoms with Crippen molar-refractivity contribution < 1.29 is 19.0 Å². The van der Waals surface area contributed by atoms with E-state index < -0.39 is 0 Å². The summed E-state index contributed by atoms with van der Waals surface area (Å²) < 4.78 is 15.4. The molecule has 16 heavy (non-hydrogen) atoms. The molecule has 0 saturated heterocycles. The van der Waals surface area contributed by atoms with Crippen LogP contribution in [0.3, 0.4) is 0 Å². The Morgan fingerprint density at radius 1 is 1.38 bits per heavy atom. The molecule has 86 valence electrons. The minimum Gasteiger partial charge on any atom is -0.466 e. The summed E-state index contributed by atoms with van der Waals surface area (Å²) in [6, 6.07) is 5.88. The van der Waals surface area contributed by atoms with Gasteiger partial charge in [0.2, 0.25) is 6.79 Å². The van der Waals surface area contributed by atoms with Crippen LogP contribution in [0.2, 0.25) is 0 Å². The van der Waals surface area contributed by atoms with E-state index in [1.54, 1.807) is 0 Å². The molecule has 1 aliphatic heterocycles. The number of hydrogen-bond acceptors (Lipinski definition) is 4. The lowest BCUT2D eigenvalue weighted by atomic mass is 10.1. The molecule has 1 aromatic carbocycles. The number of rotatable bonds is 4. The third-order valence-electron chi connectivity index (χ3n) is 2.35. The van der Waals surface area contributed by atoms with Crippen LogP contribution in [0.15, 0.2) is 18.2 Å². The van der Waals surface area contributed by atoms with E-state index in [9.17, 15) is 4.79 Å².